The van der Waals surface area contributed by atoms with Crippen LogP contribution >= 0.6 is 0 Å². The molecular formula is C19H19N3O7. The summed E-state index contributed by atoms with van der Waals surface area (Å²) < 4.78 is 5.05. The van der Waals surface area contributed by atoms with Gasteiger partial charge in [-0.05, 0) is 44.9 Å². The first-order chi connectivity index (χ1) is 13.5. The Morgan fingerprint density at radius 3 is 2.07 bits per heavy atom. The van der Waals surface area contributed by atoms with Crippen LogP contribution < -0.4 is 5.32 Å². The Hall–Kier alpha value is -3.82. The van der Waals surface area contributed by atoms with Crippen LogP contribution in [0.2, 0.25) is 0 Å². The van der Waals surface area contributed by atoms with Crippen molar-refractivity contribution in [1.82, 2.24) is 0 Å². The monoisotopic (exact) mass is 401 g/mol. The van der Waals surface area contributed by atoms with Gasteiger partial charge in [0.05, 0.1) is 15.4 Å². The fraction of sp³-hybridized carbons (Fsp3) is 0.263. The van der Waals surface area contributed by atoms with Crippen molar-refractivity contribution in [2.75, 3.05) is 5.32 Å². The molecule has 0 bridgehead atoms. The summed E-state index contributed by atoms with van der Waals surface area (Å²) in [6.45, 7) is 6.20. The molecule has 0 heterocycles. The Balaban J connectivity index is 2.22. The summed E-state index contributed by atoms with van der Waals surface area (Å²) in [5, 5.41) is 24.9. The van der Waals surface area contributed by atoms with Gasteiger partial charge in [-0.15, -0.1) is 0 Å². The number of aryl methyl sites for hydroxylation is 2. The highest BCUT2D eigenvalue weighted by atomic mass is 16.6. The van der Waals surface area contributed by atoms with Gasteiger partial charge >= 0.3 is 5.97 Å². The van der Waals surface area contributed by atoms with E-state index in [0.717, 1.165) is 23.3 Å². The molecule has 152 valence electrons. The van der Waals surface area contributed by atoms with E-state index < -0.39 is 39.2 Å². The molecule has 0 aliphatic carbocycles. The van der Waals surface area contributed by atoms with Gasteiger partial charge in [0, 0.05) is 17.8 Å². The van der Waals surface area contributed by atoms with Crippen LogP contribution in [-0.4, -0.2) is 27.8 Å². The zero-order chi connectivity index (χ0) is 21.9. The summed E-state index contributed by atoms with van der Waals surface area (Å²) in [6.07, 6.45) is -1.23. The fourth-order valence-corrected chi connectivity index (χ4v) is 2.57. The number of nitro benzene ring substituents is 2. The molecule has 1 amide bonds. The molecule has 1 unspecified atom stereocenters. The zero-order valence-corrected chi connectivity index (χ0v) is 16.2. The number of nitrogens with one attached hydrogen (secondary N) is 1. The lowest BCUT2D eigenvalue weighted by molar-refractivity contribution is -0.395. The van der Waals surface area contributed by atoms with Crippen molar-refractivity contribution in [3.05, 3.63) is 72.8 Å². The van der Waals surface area contributed by atoms with Crippen molar-refractivity contribution in [2.45, 2.75) is 33.8 Å². The van der Waals surface area contributed by atoms with E-state index in [0.29, 0.717) is 5.69 Å². The Labute approximate surface area is 165 Å². The predicted molar refractivity (Wildman–Crippen MR) is 104 cm³/mol. The van der Waals surface area contributed by atoms with Crippen molar-refractivity contribution in [2.24, 2.45) is 0 Å². The predicted octanol–water partition coefficient (Wildman–Crippen LogP) is 3.61. The highest BCUT2D eigenvalue weighted by Crippen LogP contribution is 2.29. The Morgan fingerprint density at radius 1 is 1.00 bits per heavy atom. The highest BCUT2D eigenvalue weighted by Gasteiger charge is 2.27. The molecule has 1 atom stereocenters. The maximum Gasteiger partial charge on any atom is 0.339 e. The molecule has 0 aliphatic rings. The van der Waals surface area contributed by atoms with Crippen LogP contribution in [-0.2, 0) is 9.53 Å². The van der Waals surface area contributed by atoms with Crippen LogP contribution in [0.1, 0.15) is 34.0 Å². The number of nitro groups is 2. The van der Waals surface area contributed by atoms with Crippen LogP contribution in [0.5, 0.6) is 0 Å². The minimum absolute atomic E-state index is 0.183. The first-order valence-corrected chi connectivity index (χ1v) is 8.53. The molecule has 2 aromatic carbocycles. The number of carbonyl (C=O) groups excluding carboxylic acids is 2. The van der Waals surface area contributed by atoms with Crippen LogP contribution in [0.25, 0.3) is 0 Å². The molecule has 0 aliphatic heterocycles. The lowest BCUT2D eigenvalue weighted by Gasteiger charge is -2.15. The zero-order valence-electron chi connectivity index (χ0n) is 16.2. The molecule has 0 fully saturated rings. The molecule has 2 aromatic rings. The lowest BCUT2D eigenvalue weighted by atomic mass is 10.1. The van der Waals surface area contributed by atoms with E-state index in [1.165, 1.54) is 13.8 Å². The number of hydrogen-bond donors (Lipinski definition) is 1. The van der Waals surface area contributed by atoms with Gasteiger partial charge in [0.15, 0.2) is 6.10 Å². The quantitative estimate of drug-likeness (QED) is 0.442. The van der Waals surface area contributed by atoms with E-state index in [-0.39, 0.29) is 11.1 Å². The van der Waals surface area contributed by atoms with Crippen LogP contribution in [0.4, 0.5) is 17.1 Å². The number of carbonyl (C=O) groups is 2. The highest BCUT2D eigenvalue weighted by molar-refractivity contribution is 5.98. The number of amides is 1. The summed E-state index contributed by atoms with van der Waals surface area (Å²) >= 11 is 0. The molecule has 0 saturated carbocycles. The van der Waals surface area contributed by atoms with Gasteiger partial charge in [-0.3, -0.25) is 25.0 Å². The van der Waals surface area contributed by atoms with Crippen molar-refractivity contribution in [3.8, 4) is 0 Å². The number of ether oxygens (including phenoxy) is 1. The number of hydrogen-bond acceptors (Lipinski definition) is 7. The van der Waals surface area contributed by atoms with Crippen LogP contribution in [0, 0.1) is 41.0 Å². The van der Waals surface area contributed by atoms with Gasteiger partial charge in [-0.2, -0.15) is 0 Å². The summed E-state index contributed by atoms with van der Waals surface area (Å²) in [5.41, 5.74) is 0.552. The van der Waals surface area contributed by atoms with E-state index in [1.807, 2.05) is 19.1 Å². The lowest BCUT2D eigenvalue weighted by Crippen LogP contribution is -2.30. The van der Waals surface area contributed by atoms with Crippen molar-refractivity contribution >= 4 is 28.9 Å². The standard InChI is InChI=1S/C19H19N3O7/c1-10-5-6-11(2)15(7-10)20-18(23)13(4)29-19(24)14-8-16(21(25)26)12(3)17(9-14)22(27)28/h5-9,13H,1-4H3,(H,20,23). The maximum absolute atomic E-state index is 12.3. The number of nitrogens with zero attached hydrogens (tertiary/aromatic N) is 2. The Kier molecular flexibility index (Phi) is 6.27. The first kappa shape index (κ1) is 21.5. The van der Waals surface area contributed by atoms with E-state index >= 15 is 0 Å². The van der Waals surface area contributed by atoms with Gasteiger partial charge in [0.1, 0.15) is 5.56 Å². The maximum atomic E-state index is 12.3. The van der Waals surface area contributed by atoms with Gasteiger partial charge in [0.2, 0.25) is 0 Å². The van der Waals surface area contributed by atoms with Crippen LogP contribution in [0.15, 0.2) is 30.3 Å². The second-order valence-electron chi connectivity index (χ2n) is 6.51. The van der Waals surface area contributed by atoms with Gasteiger partial charge < -0.3 is 10.1 Å². The molecule has 1 N–H and O–H groups in total. The Bertz CT molecular complexity index is 982. The normalized spacial score (nSPS) is 11.4. The number of esters is 1. The second kappa shape index (κ2) is 8.46. The number of anilines is 1. The summed E-state index contributed by atoms with van der Waals surface area (Å²) in [7, 11) is 0. The van der Waals surface area contributed by atoms with Crippen LogP contribution in [0.3, 0.4) is 0 Å². The third-order valence-corrected chi connectivity index (χ3v) is 4.29. The smallest absolute Gasteiger partial charge is 0.339 e. The molecule has 10 nitrogen and oxygen atoms in total. The summed E-state index contributed by atoms with van der Waals surface area (Å²) in [5.74, 6) is -1.69. The van der Waals surface area contributed by atoms with Crippen molar-refractivity contribution in [1.29, 1.82) is 0 Å². The molecular weight excluding hydrogens is 382 g/mol. The topological polar surface area (TPSA) is 142 Å². The SMILES string of the molecule is Cc1ccc(C)c(NC(=O)C(C)OC(=O)c2cc([N+](=O)[O-])c(C)c([N+](=O)[O-])c2)c1. The van der Waals surface area contributed by atoms with Crippen molar-refractivity contribution < 1.29 is 24.2 Å². The van der Waals surface area contributed by atoms with E-state index in [1.54, 1.807) is 13.0 Å². The molecule has 10 heteroatoms. The molecule has 29 heavy (non-hydrogen) atoms. The third-order valence-electron chi connectivity index (χ3n) is 4.29. The average molecular weight is 401 g/mol. The molecule has 0 spiro atoms. The Morgan fingerprint density at radius 2 is 1.55 bits per heavy atom. The summed E-state index contributed by atoms with van der Waals surface area (Å²) in [4.78, 5) is 45.3. The second-order valence-corrected chi connectivity index (χ2v) is 6.51. The number of benzene rings is 2. The van der Waals surface area contributed by atoms with E-state index in [2.05, 4.69) is 5.32 Å². The van der Waals surface area contributed by atoms with Gasteiger partial charge in [-0.25, -0.2) is 4.79 Å². The first-order valence-electron chi connectivity index (χ1n) is 8.53. The largest absolute Gasteiger partial charge is 0.449 e. The molecule has 0 saturated heterocycles. The molecule has 0 aromatic heterocycles. The van der Waals surface area contributed by atoms with Gasteiger partial charge in [0.25, 0.3) is 17.3 Å². The number of rotatable bonds is 6. The van der Waals surface area contributed by atoms with E-state index in [9.17, 15) is 29.8 Å². The van der Waals surface area contributed by atoms with Gasteiger partial charge in [-0.1, -0.05) is 12.1 Å². The van der Waals surface area contributed by atoms with E-state index in [4.69, 9.17) is 4.74 Å². The minimum Gasteiger partial charge on any atom is -0.449 e. The third kappa shape index (κ3) is 4.92. The average Bonchev–Trinajstić information content (AvgIpc) is 2.64. The molecule has 0 radical (unpaired) electrons. The fourth-order valence-electron chi connectivity index (χ4n) is 2.57. The minimum atomic E-state index is -1.23. The van der Waals surface area contributed by atoms with Crippen molar-refractivity contribution in [3.63, 3.8) is 0 Å². The molecule has 2 rings (SSSR count). The summed E-state index contributed by atoms with van der Waals surface area (Å²) in [6, 6.07) is 7.24.